The van der Waals surface area contributed by atoms with Crippen LogP contribution in [0.25, 0.3) is 0 Å². The van der Waals surface area contributed by atoms with E-state index in [1.807, 2.05) is 13.1 Å². The number of rotatable bonds is 4. The smallest absolute Gasteiger partial charge is 0.123 e. The SMILES string of the molecule is CNC(Cc1cc(Cl)ccc1Cl)c1cc(F)ccc1Br. The van der Waals surface area contributed by atoms with E-state index in [4.69, 9.17) is 23.2 Å². The molecule has 1 atom stereocenters. The van der Waals surface area contributed by atoms with Crippen LogP contribution in [0.15, 0.2) is 40.9 Å². The van der Waals surface area contributed by atoms with E-state index in [0.717, 1.165) is 15.6 Å². The Morgan fingerprint density at radius 1 is 1.20 bits per heavy atom. The number of hydrogen-bond donors (Lipinski definition) is 1. The monoisotopic (exact) mass is 375 g/mol. The van der Waals surface area contributed by atoms with Gasteiger partial charge >= 0.3 is 0 Å². The van der Waals surface area contributed by atoms with Gasteiger partial charge in [-0.3, -0.25) is 0 Å². The van der Waals surface area contributed by atoms with Gasteiger partial charge in [-0.25, -0.2) is 4.39 Å². The van der Waals surface area contributed by atoms with Crippen molar-refractivity contribution >= 4 is 39.1 Å². The van der Waals surface area contributed by atoms with Crippen LogP contribution in [0.5, 0.6) is 0 Å². The molecule has 0 amide bonds. The van der Waals surface area contributed by atoms with E-state index >= 15 is 0 Å². The largest absolute Gasteiger partial charge is 0.313 e. The maximum absolute atomic E-state index is 13.4. The van der Waals surface area contributed by atoms with E-state index in [0.29, 0.717) is 16.5 Å². The molecule has 0 aromatic heterocycles. The van der Waals surface area contributed by atoms with Crippen molar-refractivity contribution in [1.29, 1.82) is 0 Å². The van der Waals surface area contributed by atoms with Crippen LogP contribution in [0.1, 0.15) is 17.2 Å². The molecular formula is C15H13BrCl2FN. The number of halogens is 4. The molecule has 0 aliphatic rings. The second kappa shape index (κ2) is 6.90. The van der Waals surface area contributed by atoms with E-state index in [1.165, 1.54) is 12.1 Å². The molecule has 0 aliphatic heterocycles. The molecule has 1 nitrogen and oxygen atoms in total. The standard InChI is InChI=1S/C15H13BrCl2FN/c1-20-15(12-8-11(19)3-4-13(12)16)7-9-6-10(17)2-5-14(9)18/h2-6,8,15,20H,7H2,1H3. The quantitative estimate of drug-likeness (QED) is 0.753. The number of nitrogens with one attached hydrogen (secondary N) is 1. The Morgan fingerprint density at radius 3 is 2.65 bits per heavy atom. The lowest BCUT2D eigenvalue weighted by Gasteiger charge is -2.19. The van der Waals surface area contributed by atoms with Crippen LogP contribution in [0.2, 0.25) is 10.0 Å². The fourth-order valence-corrected chi connectivity index (χ4v) is 2.98. The van der Waals surface area contributed by atoms with Gasteiger partial charge < -0.3 is 5.32 Å². The van der Waals surface area contributed by atoms with Gasteiger partial charge in [0.1, 0.15) is 5.82 Å². The van der Waals surface area contributed by atoms with Crippen LogP contribution in [0.4, 0.5) is 4.39 Å². The molecule has 1 N–H and O–H groups in total. The Balaban J connectivity index is 2.33. The van der Waals surface area contributed by atoms with Crippen LogP contribution in [0, 0.1) is 5.82 Å². The topological polar surface area (TPSA) is 12.0 Å². The average molecular weight is 377 g/mol. The van der Waals surface area contributed by atoms with Crippen molar-refractivity contribution in [3.05, 3.63) is 67.9 Å². The molecule has 20 heavy (non-hydrogen) atoms. The average Bonchev–Trinajstić information content (AvgIpc) is 2.42. The summed E-state index contributed by atoms with van der Waals surface area (Å²) in [5.41, 5.74) is 1.78. The highest BCUT2D eigenvalue weighted by atomic mass is 79.9. The molecule has 0 bridgehead atoms. The first-order chi connectivity index (χ1) is 9.51. The number of benzene rings is 2. The first-order valence-corrected chi connectivity index (χ1v) is 7.62. The lowest BCUT2D eigenvalue weighted by molar-refractivity contribution is 0.575. The van der Waals surface area contributed by atoms with Crippen LogP contribution in [-0.4, -0.2) is 7.05 Å². The predicted molar refractivity (Wildman–Crippen MR) is 86.1 cm³/mol. The molecule has 1 unspecified atom stereocenters. The highest BCUT2D eigenvalue weighted by Gasteiger charge is 2.16. The Hall–Kier alpha value is -0.610. The van der Waals surface area contributed by atoms with E-state index < -0.39 is 0 Å². The van der Waals surface area contributed by atoms with Gasteiger partial charge in [0.05, 0.1) is 0 Å². The summed E-state index contributed by atoms with van der Waals surface area (Å²) in [6.45, 7) is 0. The second-order valence-electron chi connectivity index (χ2n) is 4.45. The van der Waals surface area contributed by atoms with E-state index in [2.05, 4.69) is 21.2 Å². The summed E-state index contributed by atoms with van der Waals surface area (Å²) in [4.78, 5) is 0. The van der Waals surface area contributed by atoms with Gasteiger partial charge in [0.2, 0.25) is 0 Å². The molecule has 2 aromatic rings. The Labute approximate surface area is 136 Å². The molecule has 5 heteroatoms. The van der Waals surface area contributed by atoms with E-state index in [-0.39, 0.29) is 11.9 Å². The molecule has 2 rings (SSSR count). The molecule has 0 saturated carbocycles. The highest BCUT2D eigenvalue weighted by Crippen LogP contribution is 2.30. The maximum Gasteiger partial charge on any atom is 0.123 e. The van der Waals surface area contributed by atoms with Gasteiger partial charge in [0.25, 0.3) is 0 Å². The van der Waals surface area contributed by atoms with Crippen molar-refractivity contribution in [3.8, 4) is 0 Å². The van der Waals surface area contributed by atoms with Gasteiger partial charge in [-0.1, -0.05) is 39.1 Å². The van der Waals surface area contributed by atoms with Crippen LogP contribution in [-0.2, 0) is 6.42 Å². The lowest BCUT2D eigenvalue weighted by Crippen LogP contribution is -2.19. The summed E-state index contributed by atoms with van der Waals surface area (Å²) in [7, 11) is 1.83. The second-order valence-corrected chi connectivity index (χ2v) is 6.14. The summed E-state index contributed by atoms with van der Waals surface area (Å²) < 4.78 is 14.3. The molecule has 0 aliphatic carbocycles. The van der Waals surface area contributed by atoms with Gasteiger partial charge in [-0.05, 0) is 61.0 Å². The fraction of sp³-hybridized carbons (Fsp3) is 0.200. The van der Waals surface area contributed by atoms with Gasteiger partial charge in [0, 0.05) is 20.6 Å². The highest BCUT2D eigenvalue weighted by molar-refractivity contribution is 9.10. The van der Waals surface area contributed by atoms with Crippen molar-refractivity contribution < 1.29 is 4.39 Å². The third-order valence-electron chi connectivity index (χ3n) is 3.11. The third-order valence-corrected chi connectivity index (χ3v) is 4.44. The maximum atomic E-state index is 13.4. The molecule has 0 fully saturated rings. The number of hydrogen-bond acceptors (Lipinski definition) is 1. The molecule has 0 saturated heterocycles. The molecule has 0 spiro atoms. The van der Waals surface area contributed by atoms with Gasteiger partial charge in [-0.2, -0.15) is 0 Å². The molecular weight excluding hydrogens is 364 g/mol. The first kappa shape index (κ1) is 15.8. The Morgan fingerprint density at radius 2 is 1.95 bits per heavy atom. The van der Waals surface area contributed by atoms with Gasteiger partial charge in [0.15, 0.2) is 0 Å². The normalized spacial score (nSPS) is 12.4. The minimum absolute atomic E-state index is 0.0592. The van der Waals surface area contributed by atoms with Crippen molar-refractivity contribution in [2.24, 2.45) is 0 Å². The molecule has 2 aromatic carbocycles. The fourth-order valence-electron chi connectivity index (χ4n) is 2.07. The summed E-state index contributed by atoms with van der Waals surface area (Å²) in [5, 5.41) is 4.47. The van der Waals surface area contributed by atoms with Crippen LogP contribution in [0.3, 0.4) is 0 Å². The number of likely N-dealkylation sites (N-methyl/N-ethyl adjacent to an activating group) is 1. The molecule has 106 valence electrons. The Bertz CT molecular complexity index is 619. The zero-order valence-electron chi connectivity index (χ0n) is 10.8. The van der Waals surface area contributed by atoms with Crippen molar-refractivity contribution in [1.82, 2.24) is 5.32 Å². The lowest BCUT2D eigenvalue weighted by atomic mass is 9.99. The summed E-state index contributed by atoms with van der Waals surface area (Å²) in [5.74, 6) is -0.263. The van der Waals surface area contributed by atoms with Crippen molar-refractivity contribution in [2.75, 3.05) is 7.05 Å². The van der Waals surface area contributed by atoms with Crippen molar-refractivity contribution in [3.63, 3.8) is 0 Å². The molecule has 0 heterocycles. The minimum atomic E-state index is -0.263. The summed E-state index contributed by atoms with van der Waals surface area (Å²) >= 11 is 15.6. The summed E-state index contributed by atoms with van der Waals surface area (Å²) in [6, 6.07) is 9.94. The summed E-state index contributed by atoms with van der Waals surface area (Å²) in [6.07, 6.45) is 0.623. The zero-order chi connectivity index (χ0) is 14.7. The van der Waals surface area contributed by atoms with Gasteiger partial charge in [-0.15, -0.1) is 0 Å². The van der Waals surface area contributed by atoms with E-state index in [1.54, 1.807) is 18.2 Å². The third kappa shape index (κ3) is 3.73. The van der Waals surface area contributed by atoms with E-state index in [9.17, 15) is 4.39 Å². The van der Waals surface area contributed by atoms with Crippen LogP contribution < -0.4 is 5.32 Å². The molecule has 0 radical (unpaired) electrons. The first-order valence-electron chi connectivity index (χ1n) is 6.07. The van der Waals surface area contributed by atoms with Crippen molar-refractivity contribution in [2.45, 2.75) is 12.5 Å². The predicted octanol–water partition coefficient (Wildman–Crippen LogP) is 5.40. The Kier molecular flexibility index (Phi) is 5.44. The van der Waals surface area contributed by atoms with Crippen LogP contribution >= 0.6 is 39.1 Å². The zero-order valence-corrected chi connectivity index (χ0v) is 13.9. The minimum Gasteiger partial charge on any atom is -0.313 e.